The number of nitrogens with two attached hydrogens (primary N) is 1. The van der Waals surface area contributed by atoms with E-state index < -0.39 is 15.2 Å². The van der Waals surface area contributed by atoms with E-state index in [0.717, 1.165) is 18.7 Å². The molecular formula is C12H26N2O3S2. The highest BCUT2D eigenvalue weighted by atomic mass is 32.2. The summed E-state index contributed by atoms with van der Waals surface area (Å²) in [6, 6.07) is 0.0376. The molecule has 2 N–H and O–H groups in total. The maximum atomic E-state index is 11.9. The second kappa shape index (κ2) is 6.76. The Morgan fingerprint density at radius 2 is 2.16 bits per heavy atom. The van der Waals surface area contributed by atoms with Gasteiger partial charge in [0.2, 0.25) is 0 Å². The SMILES string of the molecule is COC(C)(C)CC(CN)N1CCSCC1S(C)(=O)=O. The molecule has 19 heavy (non-hydrogen) atoms. The first-order valence-corrected chi connectivity index (χ1v) is 9.60. The molecule has 1 aliphatic heterocycles. The van der Waals surface area contributed by atoms with Crippen LogP contribution in [0.4, 0.5) is 0 Å². The van der Waals surface area contributed by atoms with E-state index in [4.69, 9.17) is 10.5 Å². The van der Waals surface area contributed by atoms with Gasteiger partial charge in [0.25, 0.3) is 0 Å². The summed E-state index contributed by atoms with van der Waals surface area (Å²) in [5, 5.41) is -0.424. The van der Waals surface area contributed by atoms with Gasteiger partial charge in [-0.2, -0.15) is 11.8 Å². The molecule has 5 nitrogen and oxygen atoms in total. The molecule has 0 amide bonds. The molecule has 1 fully saturated rings. The van der Waals surface area contributed by atoms with Crippen molar-refractivity contribution < 1.29 is 13.2 Å². The molecule has 2 atom stereocenters. The molecule has 1 rings (SSSR count). The minimum atomic E-state index is -3.08. The molecule has 1 aliphatic rings. The second-order valence-corrected chi connectivity index (χ2v) is 9.01. The van der Waals surface area contributed by atoms with Crippen LogP contribution in [-0.2, 0) is 14.6 Å². The first kappa shape index (κ1) is 17.2. The molecule has 7 heteroatoms. The molecule has 0 radical (unpaired) electrons. The van der Waals surface area contributed by atoms with Gasteiger partial charge in [-0.3, -0.25) is 4.90 Å². The van der Waals surface area contributed by atoms with Gasteiger partial charge in [-0.15, -0.1) is 0 Å². The zero-order valence-electron chi connectivity index (χ0n) is 12.3. The average molecular weight is 310 g/mol. The predicted octanol–water partition coefficient (Wildman–Crippen LogP) is 0.548. The van der Waals surface area contributed by atoms with Crippen molar-refractivity contribution in [1.29, 1.82) is 0 Å². The maximum Gasteiger partial charge on any atom is 0.164 e. The van der Waals surface area contributed by atoms with Crippen LogP contribution < -0.4 is 5.73 Å². The van der Waals surface area contributed by atoms with Crippen LogP contribution >= 0.6 is 11.8 Å². The van der Waals surface area contributed by atoms with Crippen molar-refractivity contribution >= 4 is 21.6 Å². The highest BCUT2D eigenvalue weighted by Crippen LogP contribution is 2.26. The molecule has 0 saturated carbocycles. The summed E-state index contributed by atoms with van der Waals surface area (Å²) in [6.45, 7) is 5.22. The highest BCUT2D eigenvalue weighted by molar-refractivity contribution is 8.00. The van der Waals surface area contributed by atoms with Gasteiger partial charge in [-0.25, -0.2) is 8.42 Å². The van der Waals surface area contributed by atoms with Crippen molar-refractivity contribution in [2.24, 2.45) is 5.73 Å². The Hall–Kier alpha value is 0.180. The monoisotopic (exact) mass is 310 g/mol. The van der Waals surface area contributed by atoms with Gasteiger partial charge >= 0.3 is 0 Å². The van der Waals surface area contributed by atoms with Gasteiger partial charge in [-0.05, 0) is 20.3 Å². The maximum absolute atomic E-state index is 11.9. The van der Waals surface area contributed by atoms with Gasteiger partial charge in [0.15, 0.2) is 9.84 Å². The summed E-state index contributed by atoms with van der Waals surface area (Å²) in [5.74, 6) is 1.58. The summed E-state index contributed by atoms with van der Waals surface area (Å²) in [7, 11) is -1.41. The van der Waals surface area contributed by atoms with E-state index in [1.54, 1.807) is 18.9 Å². The summed E-state index contributed by atoms with van der Waals surface area (Å²) in [5.41, 5.74) is 5.58. The fraction of sp³-hybridized carbons (Fsp3) is 1.00. The Kier molecular flexibility index (Phi) is 6.13. The number of ether oxygens (including phenoxy) is 1. The van der Waals surface area contributed by atoms with Crippen molar-refractivity contribution in [1.82, 2.24) is 4.90 Å². The number of nitrogens with zero attached hydrogens (tertiary/aromatic N) is 1. The van der Waals surface area contributed by atoms with Crippen LogP contribution in [0, 0.1) is 0 Å². The summed E-state index contributed by atoms with van der Waals surface area (Å²) in [4.78, 5) is 2.05. The standard InChI is InChI=1S/C12H26N2O3S2/c1-12(2,17-3)7-10(8-13)14-5-6-18-9-11(14)19(4,15)16/h10-11H,5-9,13H2,1-4H3. The molecule has 1 saturated heterocycles. The fourth-order valence-electron chi connectivity index (χ4n) is 2.37. The predicted molar refractivity (Wildman–Crippen MR) is 81.2 cm³/mol. The average Bonchev–Trinajstić information content (AvgIpc) is 2.35. The second-order valence-electron chi connectivity index (χ2n) is 5.65. The van der Waals surface area contributed by atoms with Crippen molar-refractivity contribution in [2.75, 3.05) is 38.0 Å². The molecule has 0 bridgehead atoms. The van der Waals surface area contributed by atoms with Gasteiger partial charge < -0.3 is 10.5 Å². The van der Waals surface area contributed by atoms with Crippen LogP contribution in [0.1, 0.15) is 20.3 Å². The van der Waals surface area contributed by atoms with Crippen LogP contribution in [0.15, 0.2) is 0 Å². The third kappa shape index (κ3) is 4.90. The van der Waals surface area contributed by atoms with Crippen LogP contribution in [0.3, 0.4) is 0 Å². The summed E-state index contributed by atoms with van der Waals surface area (Å²) < 4.78 is 29.3. The first-order chi connectivity index (χ1) is 8.71. The smallest absolute Gasteiger partial charge is 0.164 e. The summed E-state index contributed by atoms with van der Waals surface area (Å²) >= 11 is 1.69. The van der Waals surface area contributed by atoms with E-state index in [1.807, 2.05) is 18.7 Å². The molecule has 2 unspecified atom stereocenters. The molecule has 0 aromatic rings. The van der Waals surface area contributed by atoms with Crippen LogP contribution in [0.5, 0.6) is 0 Å². The summed E-state index contributed by atoms with van der Waals surface area (Å²) in [6.07, 6.45) is 2.04. The Balaban J connectivity index is 2.88. The van der Waals surface area contributed by atoms with Gasteiger partial charge in [0.05, 0.1) is 5.60 Å². The highest BCUT2D eigenvalue weighted by Gasteiger charge is 2.37. The van der Waals surface area contributed by atoms with E-state index in [2.05, 4.69) is 0 Å². The number of sulfone groups is 1. The number of rotatable bonds is 6. The lowest BCUT2D eigenvalue weighted by Gasteiger charge is -2.41. The minimum absolute atomic E-state index is 0.0376. The lowest BCUT2D eigenvalue weighted by Crippen LogP contribution is -2.55. The third-order valence-corrected chi connectivity index (χ3v) is 6.30. The van der Waals surface area contributed by atoms with E-state index in [0.29, 0.717) is 12.3 Å². The van der Waals surface area contributed by atoms with E-state index in [9.17, 15) is 8.42 Å². The van der Waals surface area contributed by atoms with Crippen molar-refractivity contribution in [2.45, 2.75) is 37.3 Å². The normalized spacial score (nSPS) is 24.4. The molecule has 0 aromatic heterocycles. The van der Waals surface area contributed by atoms with E-state index in [1.165, 1.54) is 6.26 Å². The molecular weight excluding hydrogens is 284 g/mol. The van der Waals surface area contributed by atoms with Gasteiger partial charge in [0.1, 0.15) is 5.37 Å². The van der Waals surface area contributed by atoms with Crippen LogP contribution in [0.25, 0.3) is 0 Å². The Bertz CT molecular complexity index is 384. The molecule has 0 aliphatic carbocycles. The topological polar surface area (TPSA) is 72.6 Å². The zero-order valence-corrected chi connectivity index (χ0v) is 13.9. The number of hydrogen-bond donors (Lipinski definition) is 1. The number of methoxy groups -OCH3 is 1. The van der Waals surface area contributed by atoms with Crippen molar-refractivity contribution in [3.8, 4) is 0 Å². The molecule has 114 valence electrons. The minimum Gasteiger partial charge on any atom is -0.379 e. The Labute approximate surface area is 121 Å². The number of thioether (sulfide) groups is 1. The molecule has 0 spiro atoms. The van der Waals surface area contributed by atoms with Crippen LogP contribution in [-0.4, -0.2) is 68.3 Å². The van der Waals surface area contributed by atoms with Crippen molar-refractivity contribution in [3.05, 3.63) is 0 Å². The van der Waals surface area contributed by atoms with Gasteiger partial charge in [-0.1, -0.05) is 0 Å². The molecule has 0 aromatic carbocycles. The number of hydrogen-bond acceptors (Lipinski definition) is 6. The Morgan fingerprint density at radius 3 is 2.63 bits per heavy atom. The molecule has 1 heterocycles. The Morgan fingerprint density at radius 1 is 1.53 bits per heavy atom. The quantitative estimate of drug-likeness (QED) is 0.772. The van der Waals surface area contributed by atoms with Gasteiger partial charge in [0, 0.05) is 44.0 Å². The lowest BCUT2D eigenvalue weighted by atomic mass is 9.97. The van der Waals surface area contributed by atoms with Crippen LogP contribution in [0.2, 0.25) is 0 Å². The van der Waals surface area contributed by atoms with Crippen molar-refractivity contribution in [3.63, 3.8) is 0 Å². The lowest BCUT2D eigenvalue weighted by molar-refractivity contribution is -0.00827. The first-order valence-electron chi connectivity index (χ1n) is 6.49. The van der Waals surface area contributed by atoms with E-state index in [-0.39, 0.29) is 11.6 Å². The third-order valence-electron chi connectivity index (χ3n) is 3.64. The largest absolute Gasteiger partial charge is 0.379 e. The fourth-order valence-corrected chi connectivity index (χ4v) is 5.31. The zero-order chi connectivity index (χ0) is 14.7. The van der Waals surface area contributed by atoms with E-state index >= 15 is 0 Å².